The molecule has 1 aliphatic heterocycles. The van der Waals surface area contributed by atoms with Crippen LogP contribution in [0.3, 0.4) is 0 Å². The molecule has 33 heavy (non-hydrogen) atoms. The average molecular weight is 479 g/mol. The van der Waals surface area contributed by atoms with E-state index in [0.717, 1.165) is 31.4 Å². The number of rotatable bonds is 6. The van der Waals surface area contributed by atoms with E-state index in [9.17, 15) is 22.8 Å². The van der Waals surface area contributed by atoms with Crippen LogP contribution >= 0.6 is 11.3 Å². The van der Waals surface area contributed by atoms with Crippen molar-refractivity contribution in [1.29, 1.82) is 0 Å². The topological polar surface area (TPSA) is 49.4 Å². The Morgan fingerprint density at radius 1 is 1.09 bits per heavy atom. The lowest BCUT2D eigenvalue weighted by Gasteiger charge is -2.41. The quantitative estimate of drug-likeness (QED) is 0.565. The van der Waals surface area contributed by atoms with E-state index in [1.54, 1.807) is 17.4 Å². The van der Waals surface area contributed by atoms with Gasteiger partial charge in [-0.3, -0.25) is 9.59 Å². The summed E-state index contributed by atoms with van der Waals surface area (Å²) in [6.45, 7) is 0.680. The highest BCUT2D eigenvalue weighted by molar-refractivity contribution is 7.10. The highest BCUT2D eigenvalue weighted by atomic mass is 32.1. The first-order valence-electron chi connectivity index (χ1n) is 11.6. The summed E-state index contributed by atoms with van der Waals surface area (Å²) in [5.41, 5.74) is 0.984. The number of nitrogens with one attached hydrogen (secondary N) is 1. The van der Waals surface area contributed by atoms with E-state index in [-0.39, 0.29) is 37.2 Å². The number of fused-ring (bicyclic) bond motifs is 1. The molecule has 0 spiro atoms. The van der Waals surface area contributed by atoms with Gasteiger partial charge in [-0.1, -0.05) is 31.4 Å². The number of benzene rings is 1. The molecule has 4 nitrogen and oxygen atoms in total. The fourth-order valence-corrected chi connectivity index (χ4v) is 6.20. The molecule has 0 saturated heterocycles. The zero-order chi connectivity index (χ0) is 23.4. The van der Waals surface area contributed by atoms with Gasteiger partial charge in [-0.2, -0.15) is 13.2 Å². The fraction of sp³-hybridized carbons (Fsp3) is 0.520. The van der Waals surface area contributed by atoms with Crippen molar-refractivity contribution in [1.82, 2.24) is 10.2 Å². The molecule has 2 aromatic rings. The molecule has 1 aromatic carbocycles. The molecule has 0 bridgehead atoms. The number of halogens is 3. The van der Waals surface area contributed by atoms with Gasteiger partial charge in [0.15, 0.2) is 0 Å². The number of thiophene rings is 1. The monoisotopic (exact) mass is 478 g/mol. The van der Waals surface area contributed by atoms with Crippen molar-refractivity contribution in [2.75, 3.05) is 6.54 Å². The van der Waals surface area contributed by atoms with Crippen LogP contribution in [0.4, 0.5) is 13.2 Å². The maximum Gasteiger partial charge on any atom is 0.416 e. The molecular weight excluding hydrogens is 449 g/mol. The average Bonchev–Trinajstić information content (AvgIpc) is 3.29. The first-order chi connectivity index (χ1) is 15.8. The summed E-state index contributed by atoms with van der Waals surface area (Å²) in [4.78, 5) is 28.7. The van der Waals surface area contributed by atoms with E-state index in [1.807, 2.05) is 4.90 Å². The molecule has 1 saturated carbocycles. The highest BCUT2D eigenvalue weighted by Gasteiger charge is 2.37. The van der Waals surface area contributed by atoms with Crippen molar-refractivity contribution >= 4 is 23.2 Å². The lowest BCUT2D eigenvalue weighted by atomic mass is 9.80. The molecule has 8 heteroatoms. The Hall–Kier alpha value is -2.35. The van der Waals surface area contributed by atoms with Crippen molar-refractivity contribution in [3.8, 4) is 0 Å². The van der Waals surface area contributed by atoms with Crippen LogP contribution in [0.2, 0.25) is 0 Å². The smallest absolute Gasteiger partial charge is 0.352 e. The van der Waals surface area contributed by atoms with E-state index in [4.69, 9.17) is 0 Å². The second kappa shape index (κ2) is 10.3. The summed E-state index contributed by atoms with van der Waals surface area (Å²) in [5.74, 6) is 0.123. The molecular formula is C25H29F3N2O2S. The van der Waals surface area contributed by atoms with Crippen LogP contribution in [0.25, 0.3) is 0 Å². The van der Waals surface area contributed by atoms with Gasteiger partial charge in [0, 0.05) is 30.8 Å². The third kappa shape index (κ3) is 5.78. The van der Waals surface area contributed by atoms with Gasteiger partial charge in [-0.25, -0.2) is 0 Å². The molecule has 2 amide bonds. The Balaban J connectivity index is 1.33. The lowest BCUT2D eigenvalue weighted by Crippen LogP contribution is -2.43. The molecule has 1 atom stereocenters. The summed E-state index contributed by atoms with van der Waals surface area (Å²) in [6.07, 6.45) is 2.46. The minimum atomic E-state index is -4.42. The van der Waals surface area contributed by atoms with Crippen LogP contribution in [0.15, 0.2) is 35.7 Å². The van der Waals surface area contributed by atoms with Crippen molar-refractivity contribution < 1.29 is 22.8 Å². The highest BCUT2D eigenvalue weighted by Crippen LogP contribution is 2.44. The van der Waals surface area contributed by atoms with Crippen molar-refractivity contribution in [2.24, 2.45) is 5.92 Å². The molecule has 1 aromatic heterocycles. The maximum absolute atomic E-state index is 13.1. The number of amides is 2. The van der Waals surface area contributed by atoms with E-state index in [2.05, 4.69) is 16.8 Å². The summed E-state index contributed by atoms with van der Waals surface area (Å²) in [7, 11) is 0. The number of alkyl halides is 3. The molecule has 1 unspecified atom stereocenters. The van der Waals surface area contributed by atoms with Gasteiger partial charge < -0.3 is 10.2 Å². The lowest BCUT2D eigenvalue weighted by molar-refractivity contribution is -0.138. The Morgan fingerprint density at radius 2 is 1.88 bits per heavy atom. The van der Waals surface area contributed by atoms with Crippen LogP contribution in [-0.4, -0.2) is 23.3 Å². The molecule has 178 valence electrons. The molecule has 2 heterocycles. The van der Waals surface area contributed by atoms with Crippen molar-refractivity contribution in [3.63, 3.8) is 0 Å². The van der Waals surface area contributed by atoms with Crippen LogP contribution in [0.1, 0.15) is 72.6 Å². The maximum atomic E-state index is 13.1. The molecule has 2 aliphatic rings. The number of nitrogens with zero attached hydrogens (tertiary/aromatic N) is 1. The minimum Gasteiger partial charge on any atom is -0.352 e. The predicted molar refractivity (Wildman–Crippen MR) is 122 cm³/mol. The van der Waals surface area contributed by atoms with E-state index in [0.29, 0.717) is 18.0 Å². The third-order valence-corrected chi connectivity index (χ3v) is 7.76. The predicted octanol–water partition coefficient (Wildman–Crippen LogP) is 5.87. The van der Waals surface area contributed by atoms with Gasteiger partial charge in [0.05, 0.1) is 11.6 Å². The first-order valence-corrected chi connectivity index (χ1v) is 12.5. The molecule has 1 fully saturated rings. The fourth-order valence-electron chi connectivity index (χ4n) is 5.04. The van der Waals surface area contributed by atoms with E-state index < -0.39 is 11.7 Å². The Bertz CT molecular complexity index is 982. The van der Waals surface area contributed by atoms with Gasteiger partial charge in [0.25, 0.3) is 0 Å². The normalized spacial score (nSPS) is 19.2. The second-order valence-corrected chi connectivity index (χ2v) is 9.91. The van der Waals surface area contributed by atoms with Gasteiger partial charge in [0.1, 0.15) is 0 Å². The molecule has 1 N–H and O–H groups in total. The third-order valence-electron chi connectivity index (χ3n) is 6.73. The van der Waals surface area contributed by atoms with Crippen LogP contribution in [-0.2, 0) is 28.7 Å². The number of carbonyl (C=O) groups is 2. The number of hydrogen-bond donors (Lipinski definition) is 1. The van der Waals surface area contributed by atoms with E-state index >= 15 is 0 Å². The zero-order valence-electron chi connectivity index (χ0n) is 18.5. The molecule has 1 aliphatic carbocycles. The Morgan fingerprint density at radius 3 is 2.64 bits per heavy atom. The van der Waals surface area contributed by atoms with Gasteiger partial charge in [-0.05, 0) is 59.9 Å². The number of hydrogen-bond acceptors (Lipinski definition) is 3. The first kappa shape index (κ1) is 23.8. The zero-order valence-corrected chi connectivity index (χ0v) is 19.3. The SMILES string of the molecule is O=C(CCC(=O)N1CCc2ccsc2C1C1CCCCC1)NCc1cccc(C(F)(F)F)c1. The largest absolute Gasteiger partial charge is 0.416 e. The van der Waals surface area contributed by atoms with Crippen LogP contribution in [0.5, 0.6) is 0 Å². The van der Waals surface area contributed by atoms with Crippen LogP contribution < -0.4 is 5.32 Å². The Kier molecular flexibility index (Phi) is 7.41. The van der Waals surface area contributed by atoms with Crippen LogP contribution in [0, 0.1) is 5.92 Å². The minimum absolute atomic E-state index is 0.00388. The summed E-state index contributed by atoms with van der Waals surface area (Å²) in [6, 6.07) is 7.18. The standard InChI is InChI=1S/C25H29F3N2O2S/c26-25(27,28)20-8-4-5-17(15-20)16-29-21(31)9-10-22(32)30-13-11-19-12-14-33-24(19)23(30)18-6-2-1-3-7-18/h4-5,8,12,14-15,18,23H,1-3,6-7,9-11,13,16H2,(H,29,31). The van der Waals surface area contributed by atoms with Gasteiger partial charge in [-0.15, -0.1) is 11.3 Å². The summed E-state index contributed by atoms with van der Waals surface area (Å²) >= 11 is 1.73. The van der Waals surface area contributed by atoms with E-state index in [1.165, 1.54) is 35.8 Å². The molecule has 4 rings (SSSR count). The summed E-state index contributed by atoms with van der Waals surface area (Å²) in [5, 5.41) is 4.75. The Labute approximate surface area is 196 Å². The second-order valence-electron chi connectivity index (χ2n) is 8.97. The van der Waals surface area contributed by atoms with Crippen molar-refractivity contribution in [2.45, 2.75) is 70.1 Å². The van der Waals surface area contributed by atoms with Gasteiger partial charge >= 0.3 is 6.18 Å². The molecule has 0 radical (unpaired) electrons. The van der Waals surface area contributed by atoms with Gasteiger partial charge in [0.2, 0.25) is 11.8 Å². The van der Waals surface area contributed by atoms with Crippen molar-refractivity contribution in [3.05, 3.63) is 57.3 Å². The summed E-state index contributed by atoms with van der Waals surface area (Å²) < 4.78 is 38.6. The number of carbonyl (C=O) groups excluding carboxylic acids is 2.